The molecule has 2 aromatic rings. The van der Waals surface area contributed by atoms with Gasteiger partial charge in [0.05, 0.1) is 12.8 Å². The van der Waals surface area contributed by atoms with Gasteiger partial charge in [0.2, 0.25) is 0 Å². The second kappa shape index (κ2) is 5.31. The Labute approximate surface area is 106 Å². The van der Waals surface area contributed by atoms with Gasteiger partial charge >= 0.3 is 0 Å². The van der Waals surface area contributed by atoms with Crippen molar-refractivity contribution in [3.63, 3.8) is 0 Å². The summed E-state index contributed by atoms with van der Waals surface area (Å²) in [6.07, 6.45) is 0. The topological polar surface area (TPSA) is 60.0 Å². The summed E-state index contributed by atoms with van der Waals surface area (Å²) >= 11 is 0. The average Bonchev–Trinajstić information content (AvgIpc) is 2.37. The Morgan fingerprint density at radius 1 is 1.06 bits per heavy atom. The minimum Gasteiger partial charge on any atom is -0.494 e. The number of hydrogen-bond acceptors (Lipinski definition) is 4. The molecule has 0 bridgehead atoms. The van der Waals surface area contributed by atoms with Crippen molar-refractivity contribution < 1.29 is 4.74 Å². The molecule has 2 aromatic carbocycles. The van der Waals surface area contributed by atoms with Gasteiger partial charge in [0.25, 0.3) is 0 Å². The zero-order valence-electron chi connectivity index (χ0n) is 10.4. The van der Waals surface area contributed by atoms with E-state index >= 15 is 0 Å². The Balaban J connectivity index is 2.28. The molecule has 0 unspecified atom stereocenters. The highest BCUT2D eigenvalue weighted by atomic mass is 16.5. The lowest BCUT2D eigenvalue weighted by Crippen LogP contribution is -1.87. The van der Waals surface area contributed by atoms with Crippen molar-refractivity contribution in [2.45, 2.75) is 6.92 Å². The number of nitrogens with two attached hydrogens (primary N) is 1. The van der Waals surface area contributed by atoms with Crippen LogP contribution in [0, 0.1) is 6.92 Å². The van der Waals surface area contributed by atoms with Crippen LogP contribution in [-0.2, 0) is 0 Å². The molecule has 0 spiro atoms. The van der Waals surface area contributed by atoms with Crippen molar-refractivity contribution in [1.29, 1.82) is 0 Å². The Morgan fingerprint density at radius 2 is 1.89 bits per heavy atom. The first-order valence-electron chi connectivity index (χ1n) is 5.61. The van der Waals surface area contributed by atoms with Crippen LogP contribution in [0.2, 0.25) is 0 Å². The van der Waals surface area contributed by atoms with Crippen LogP contribution < -0.4 is 10.5 Å². The molecule has 0 aliphatic rings. The van der Waals surface area contributed by atoms with Gasteiger partial charge in [-0.2, -0.15) is 5.11 Å². The van der Waals surface area contributed by atoms with Gasteiger partial charge in [-0.05, 0) is 36.8 Å². The Bertz CT molecular complexity index is 579. The lowest BCUT2D eigenvalue weighted by Gasteiger charge is -2.04. The highest BCUT2D eigenvalue weighted by Crippen LogP contribution is 2.30. The second-order valence-corrected chi connectivity index (χ2v) is 3.97. The molecular weight excluding hydrogens is 226 g/mol. The van der Waals surface area contributed by atoms with Gasteiger partial charge in [0.15, 0.2) is 0 Å². The first kappa shape index (κ1) is 12.1. The minimum atomic E-state index is 0.617. The van der Waals surface area contributed by atoms with E-state index in [-0.39, 0.29) is 0 Å². The van der Waals surface area contributed by atoms with E-state index in [1.165, 1.54) is 0 Å². The first-order chi connectivity index (χ1) is 8.69. The van der Waals surface area contributed by atoms with E-state index in [4.69, 9.17) is 10.5 Å². The molecule has 0 radical (unpaired) electrons. The van der Waals surface area contributed by atoms with Gasteiger partial charge in [-0.15, -0.1) is 5.11 Å². The van der Waals surface area contributed by atoms with E-state index in [0.717, 1.165) is 11.3 Å². The molecule has 0 saturated heterocycles. The van der Waals surface area contributed by atoms with Crippen LogP contribution in [0.5, 0.6) is 5.75 Å². The lowest BCUT2D eigenvalue weighted by atomic mass is 10.2. The second-order valence-electron chi connectivity index (χ2n) is 3.97. The molecule has 0 amide bonds. The van der Waals surface area contributed by atoms with Gasteiger partial charge in [-0.3, -0.25) is 0 Å². The van der Waals surface area contributed by atoms with Crippen molar-refractivity contribution >= 4 is 17.1 Å². The number of methoxy groups -OCH3 is 1. The Hall–Kier alpha value is -2.36. The molecule has 0 saturated carbocycles. The van der Waals surface area contributed by atoms with E-state index in [1.54, 1.807) is 25.3 Å². The quantitative estimate of drug-likeness (QED) is 0.652. The van der Waals surface area contributed by atoms with Gasteiger partial charge in [-0.1, -0.05) is 12.1 Å². The predicted octanol–water partition coefficient (Wildman–Crippen LogP) is 4.00. The van der Waals surface area contributed by atoms with Crippen LogP contribution in [0.3, 0.4) is 0 Å². The summed E-state index contributed by atoms with van der Waals surface area (Å²) in [6, 6.07) is 13.1. The number of anilines is 1. The fraction of sp³-hybridized carbons (Fsp3) is 0.143. The number of nitrogen functional groups attached to an aromatic ring is 1. The fourth-order valence-electron chi connectivity index (χ4n) is 1.58. The van der Waals surface area contributed by atoms with Gasteiger partial charge < -0.3 is 10.5 Å². The maximum Gasteiger partial charge on any atom is 0.148 e. The van der Waals surface area contributed by atoms with Gasteiger partial charge in [0.1, 0.15) is 11.4 Å². The van der Waals surface area contributed by atoms with E-state index in [2.05, 4.69) is 10.2 Å². The maximum absolute atomic E-state index is 5.68. The monoisotopic (exact) mass is 241 g/mol. The summed E-state index contributed by atoms with van der Waals surface area (Å²) < 4.78 is 5.20. The molecular formula is C14H15N3O. The van der Waals surface area contributed by atoms with Crippen LogP contribution in [0.15, 0.2) is 52.7 Å². The van der Waals surface area contributed by atoms with Crippen molar-refractivity contribution in [2.24, 2.45) is 10.2 Å². The summed E-state index contributed by atoms with van der Waals surface area (Å²) in [5, 5.41) is 8.35. The third-order valence-electron chi connectivity index (χ3n) is 2.48. The van der Waals surface area contributed by atoms with Crippen molar-refractivity contribution in [2.75, 3.05) is 12.8 Å². The molecule has 4 nitrogen and oxygen atoms in total. The smallest absolute Gasteiger partial charge is 0.148 e. The predicted molar refractivity (Wildman–Crippen MR) is 72.8 cm³/mol. The zero-order valence-corrected chi connectivity index (χ0v) is 10.4. The van der Waals surface area contributed by atoms with E-state index < -0.39 is 0 Å². The molecule has 2 rings (SSSR count). The minimum absolute atomic E-state index is 0.617. The van der Waals surface area contributed by atoms with Crippen LogP contribution in [0.4, 0.5) is 17.1 Å². The third-order valence-corrected chi connectivity index (χ3v) is 2.48. The first-order valence-corrected chi connectivity index (χ1v) is 5.61. The van der Waals surface area contributed by atoms with Crippen LogP contribution in [-0.4, -0.2) is 7.11 Å². The summed E-state index contributed by atoms with van der Waals surface area (Å²) in [6.45, 7) is 2.02. The highest BCUT2D eigenvalue weighted by molar-refractivity contribution is 5.59. The van der Waals surface area contributed by atoms with Gasteiger partial charge in [-0.25, -0.2) is 0 Å². The number of benzene rings is 2. The van der Waals surface area contributed by atoms with Crippen molar-refractivity contribution in [3.8, 4) is 5.75 Å². The molecule has 0 aromatic heterocycles. The molecule has 92 valence electrons. The van der Waals surface area contributed by atoms with E-state index in [1.807, 2.05) is 31.2 Å². The zero-order chi connectivity index (χ0) is 13.0. The number of nitrogens with zero attached hydrogens (tertiary/aromatic N) is 2. The molecule has 0 aliphatic carbocycles. The van der Waals surface area contributed by atoms with E-state index in [9.17, 15) is 0 Å². The van der Waals surface area contributed by atoms with Crippen LogP contribution >= 0.6 is 0 Å². The highest BCUT2D eigenvalue weighted by Gasteiger charge is 2.01. The number of azo groups is 1. The maximum atomic E-state index is 5.68. The average molecular weight is 241 g/mol. The molecule has 0 heterocycles. The van der Waals surface area contributed by atoms with Crippen molar-refractivity contribution in [3.05, 3.63) is 48.0 Å². The van der Waals surface area contributed by atoms with Crippen LogP contribution in [0.25, 0.3) is 0 Å². The Kier molecular flexibility index (Phi) is 3.57. The summed E-state index contributed by atoms with van der Waals surface area (Å²) in [5.41, 5.74) is 8.94. The van der Waals surface area contributed by atoms with E-state index in [0.29, 0.717) is 17.1 Å². The fourth-order valence-corrected chi connectivity index (χ4v) is 1.58. The number of ether oxygens (including phenoxy) is 1. The molecule has 0 fully saturated rings. The normalized spacial score (nSPS) is 10.8. The van der Waals surface area contributed by atoms with Gasteiger partial charge in [0, 0.05) is 11.8 Å². The number of rotatable bonds is 3. The summed E-state index contributed by atoms with van der Waals surface area (Å²) in [7, 11) is 1.58. The SMILES string of the molecule is COc1cc(N)ccc1N=Nc1cccc(C)c1. The number of hydrogen-bond donors (Lipinski definition) is 1. The third kappa shape index (κ3) is 2.85. The lowest BCUT2D eigenvalue weighted by molar-refractivity contribution is 0.416. The molecule has 0 aliphatic heterocycles. The van der Waals surface area contributed by atoms with Crippen molar-refractivity contribution in [1.82, 2.24) is 0 Å². The standard InChI is InChI=1S/C14H15N3O/c1-10-4-3-5-12(8-10)16-17-13-7-6-11(15)9-14(13)18-2/h3-9H,15H2,1-2H3. The Morgan fingerprint density at radius 3 is 2.61 bits per heavy atom. The molecule has 0 atom stereocenters. The summed E-state index contributed by atoms with van der Waals surface area (Å²) in [5.74, 6) is 0.617. The van der Waals surface area contributed by atoms with Crippen LogP contribution in [0.1, 0.15) is 5.56 Å². The molecule has 4 heteroatoms. The molecule has 2 N–H and O–H groups in total. The largest absolute Gasteiger partial charge is 0.494 e. The number of aryl methyl sites for hydroxylation is 1. The summed E-state index contributed by atoms with van der Waals surface area (Å²) in [4.78, 5) is 0. The molecule has 18 heavy (non-hydrogen) atoms.